The van der Waals surface area contributed by atoms with Gasteiger partial charge in [0, 0.05) is 5.56 Å². The van der Waals surface area contributed by atoms with Gasteiger partial charge in [-0.3, -0.25) is 9.59 Å². The lowest BCUT2D eigenvalue weighted by atomic mass is 10.0. The van der Waals surface area contributed by atoms with Gasteiger partial charge in [-0.2, -0.15) is 0 Å². The Kier molecular flexibility index (Phi) is 4.12. The Labute approximate surface area is 98.9 Å². The van der Waals surface area contributed by atoms with Crippen LogP contribution in [0.15, 0.2) is 30.3 Å². The highest BCUT2D eigenvalue weighted by Gasteiger charge is 2.29. The summed E-state index contributed by atoms with van der Waals surface area (Å²) in [5.41, 5.74) is 0.616. The summed E-state index contributed by atoms with van der Waals surface area (Å²) >= 11 is 1.14. The zero-order valence-electron chi connectivity index (χ0n) is 9.27. The summed E-state index contributed by atoms with van der Waals surface area (Å²) in [5, 5.41) is 8.60. The fourth-order valence-electron chi connectivity index (χ4n) is 1.24. The minimum absolute atomic E-state index is 0.0423. The average Bonchev–Trinajstić information content (AvgIpc) is 2.27. The van der Waals surface area contributed by atoms with E-state index in [1.165, 1.54) is 0 Å². The van der Waals surface area contributed by atoms with Crippen molar-refractivity contribution in [2.75, 3.05) is 5.75 Å². The molecule has 1 rings (SSSR count). The van der Waals surface area contributed by atoms with Crippen LogP contribution in [-0.2, 0) is 4.79 Å². The van der Waals surface area contributed by atoms with Crippen LogP contribution < -0.4 is 0 Å². The van der Waals surface area contributed by atoms with Crippen LogP contribution in [0.2, 0.25) is 0 Å². The molecule has 0 radical (unpaired) electrons. The van der Waals surface area contributed by atoms with Crippen molar-refractivity contribution in [3.8, 4) is 0 Å². The van der Waals surface area contributed by atoms with Crippen LogP contribution in [0.5, 0.6) is 0 Å². The number of hydrogen-bond donors (Lipinski definition) is 1. The Morgan fingerprint density at radius 1 is 1.25 bits per heavy atom. The second kappa shape index (κ2) is 5.16. The van der Waals surface area contributed by atoms with Gasteiger partial charge in [-0.25, -0.2) is 0 Å². The fourth-order valence-corrected chi connectivity index (χ4v) is 1.98. The molecule has 1 N–H and O–H groups in total. The number of Topliss-reactive ketones (excluding diaryl/α,β-unsaturated/α-hetero) is 1. The van der Waals surface area contributed by atoms with Crippen LogP contribution >= 0.6 is 11.8 Å². The highest BCUT2D eigenvalue weighted by molar-refractivity contribution is 8.02. The first kappa shape index (κ1) is 12.8. The van der Waals surface area contributed by atoms with Crippen LogP contribution in [0, 0.1) is 0 Å². The molecule has 0 heterocycles. The summed E-state index contributed by atoms with van der Waals surface area (Å²) in [6, 6.07) is 8.92. The maximum atomic E-state index is 12.1. The number of benzene rings is 1. The molecule has 0 aliphatic rings. The highest BCUT2D eigenvalue weighted by atomic mass is 32.2. The van der Waals surface area contributed by atoms with E-state index in [2.05, 4.69) is 0 Å². The molecule has 4 heteroatoms. The fraction of sp³-hybridized carbons (Fsp3) is 0.333. The number of hydrogen-bond acceptors (Lipinski definition) is 3. The molecule has 0 saturated heterocycles. The molecule has 1 aromatic carbocycles. The maximum absolute atomic E-state index is 12.1. The van der Waals surface area contributed by atoms with Gasteiger partial charge in [-0.1, -0.05) is 30.3 Å². The molecule has 86 valence electrons. The summed E-state index contributed by atoms with van der Waals surface area (Å²) in [5.74, 6) is -1.01. The third-order valence-electron chi connectivity index (χ3n) is 2.14. The van der Waals surface area contributed by atoms with Crippen LogP contribution in [0.25, 0.3) is 0 Å². The van der Waals surface area contributed by atoms with Gasteiger partial charge in [0.25, 0.3) is 0 Å². The lowest BCUT2D eigenvalue weighted by molar-refractivity contribution is -0.133. The normalized spacial score (nSPS) is 11.1. The number of carbonyl (C=O) groups excluding carboxylic acids is 1. The van der Waals surface area contributed by atoms with Gasteiger partial charge < -0.3 is 5.11 Å². The Balaban J connectivity index is 2.76. The van der Waals surface area contributed by atoms with Crippen molar-refractivity contribution in [1.82, 2.24) is 0 Å². The molecule has 0 fully saturated rings. The van der Waals surface area contributed by atoms with Crippen molar-refractivity contribution in [3.63, 3.8) is 0 Å². The zero-order chi connectivity index (χ0) is 12.2. The molecule has 0 bridgehead atoms. The molecule has 0 atom stereocenters. The van der Waals surface area contributed by atoms with Crippen LogP contribution in [0.4, 0.5) is 0 Å². The number of aliphatic carboxylic acids is 1. The van der Waals surface area contributed by atoms with Gasteiger partial charge in [0.1, 0.15) is 0 Å². The molecule has 0 amide bonds. The largest absolute Gasteiger partial charge is 0.481 e. The first-order chi connectivity index (χ1) is 7.43. The predicted octanol–water partition coefficient (Wildman–Crippen LogP) is 2.47. The minimum Gasteiger partial charge on any atom is -0.481 e. The van der Waals surface area contributed by atoms with E-state index in [-0.39, 0.29) is 11.5 Å². The molecule has 0 aliphatic heterocycles. The van der Waals surface area contributed by atoms with Gasteiger partial charge in [-0.05, 0) is 13.8 Å². The van der Waals surface area contributed by atoms with Gasteiger partial charge >= 0.3 is 5.97 Å². The van der Waals surface area contributed by atoms with Crippen LogP contribution in [-0.4, -0.2) is 27.4 Å². The van der Waals surface area contributed by atoms with E-state index in [1.54, 1.807) is 38.1 Å². The Hall–Kier alpha value is -1.29. The number of carboxylic acids is 1. The number of thioether (sulfide) groups is 1. The minimum atomic E-state index is -0.904. The van der Waals surface area contributed by atoms with Gasteiger partial charge in [-0.15, -0.1) is 11.8 Å². The number of carboxylic acid groups (broad SMARTS) is 1. The highest BCUT2D eigenvalue weighted by Crippen LogP contribution is 2.28. The van der Waals surface area contributed by atoms with Crippen LogP contribution in [0.3, 0.4) is 0 Å². The molecule has 3 nitrogen and oxygen atoms in total. The van der Waals surface area contributed by atoms with Crippen molar-refractivity contribution >= 4 is 23.5 Å². The summed E-state index contributed by atoms with van der Waals surface area (Å²) < 4.78 is -0.709. The van der Waals surface area contributed by atoms with E-state index in [1.807, 2.05) is 6.07 Å². The lowest BCUT2D eigenvalue weighted by Gasteiger charge is -2.21. The maximum Gasteiger partial charge on any atom is 0.313 e. The standard InChI is InChI=1S/C12H14O3S/c1-12(2,16-8-10(13)14)11(15)9-6-4-3-5-7-9/h3-7H,8H2,1-2H3,(H,13,14). The van der Waals surface area contributed by atoms with Gasteiger partial charge in [0.05, 0.1) is 10.5 Å². The van der Waals surface area contributed by atoms with E-state index in [4.69, 9.17) is 5.11 Å². The summed E-state index contributed by atoms with van der Waals surface area (Å²) in [7, 11) is 0. The molecule has 1 aromatic rings. The average molecular weight is 238 g/mol. The second-order valence-corrected chi connectivity index (χ2v) is 5.49. The number of ketones is 1. The smallest absolute Gasteiger partial charge is 0.313 e. The Bertz CT molecular complexity index is 385. The molecular formula is C12H14O3S. The number of carbonyl (C=O) groups is 2. The topological polar surface area (TPSA) is 54.4 Å². The van der Waals surface area contributed by atoms with E-state index in [0.29, 0.717) is 5.56 Å². The second-order valence-electron chi connectivity index (χ2n) is 3.89. The SMILES string of the molecule is CC(C)(SCC(=O)O)C(=O)c1ccccc1. The summed E-state index contributed by atoms with van der Waals surface area (Å²) in [6.45, 7) is 3.49. The van der Waals surface area contributed by atoms with Crippen molar-refractivity contribution in [1.29, 1.82) is 0 Å². The summed E-state index contributed by atoms with van der Waals surface area (Å²) in [6.07, 6.45) is 0. The van der Waals surface area contributed by atoms with Gasteiger partial charge in [0.2, 0.25) is 0 Å². The molecule has 0 spiro atoms. The van der Waals surface area contributed by atoms with Crippen molar-refractivity contribution < 1.29 is 14.7 Å². The number of rotatable bonds is 5. The third kappa shape index (κ3) is 3.38. The molecule has 0 saturated carbocycles. The molecule has 0 unspecified atom stereocenters. The molecule has 0 aromatic heterocycles. The first-order valence-corrected chi connectivity index (χ1v) is 5.87. The van der Waals surface area contributed by atoms with Crippen molar-refractivity contribution in [2.45, 2.75) is 18.6 Å². The molecule has 16 heavy (non-hydrogen) atoms. The quantitative estimate of drug-likeness (QED) is 0.801. The van der Waals surface area contributed by atoms with Gasteiger partial charge in [0.15, 0.2) is 5.78 Å². The monoisotopic (exact) mass is 238 g/mol. The summed E-state index contributed by atoms with van der Waals surface area (Å²) in [4.78, 5) is 22.5. The molecular weight excluding hydrogens is 224 g/mol. The van der Waals surface area contributed by atoms with E-state index in [0.717, 1.165) is 11.8 Å². The Morgan fingerprint density at radius 3 is 2.31 bits per heavy atom. The Morgan fingerprint density at radius 2 is 1.81 bits per heavy atom. The van der Waals surface area contributed by atoms with E-state index < -0.39 is 10.7 Å². The molecule has 0 aliphatic carbocycles. The lowest BCUT2D eigenvalue weighted by Crippen LogP contribution is -2.29. The third-order valence-corrected chi connectivity index (χ3v) is 3.44. The van der Waals surface area contributed by atoms with Crippen molar-refractivity contribution in [2.24, 2.45) is 0 Å². The predicted molar refractivity (Wildman–Crippen MR) is 64.9 cm³/mol. The van der Waals surface area contributed by atoms with Crippen LogP contribution in [0.1, 0.15) is 24.2 Å². The van der Waals surface area contributed by atoms with E-state index in [9.17, 15) is 9.59 Å². The van der Waals surface area contributed by atoms with E-state index >= 15 is 0 Å². The van der Waals surface area contributed by atoms with Crippen molar-refractivity contribution in [3.05, 3.63) is 35.9 Å². The first-order valence-electron chi connectivity index (χ1n) is 4.89. The zero-order valence-corrected chi connectivity index (χ0v) is 10.1.